The van der Waals surface area contributed by atoms with Crippen LogP contribution in [0, 0.1) is 0 Å². The number of anilines is 2. The molecule has 0 aliphatic carbocycles. The minimum Gasteiger partial charge on any atom is -0.342 e. The van der Waals surface area contributed by atoms with Crippen LogP contribution < -0.4 is 10.0 Å². The highest BCUT2D eigenvalue weighted by Gasteiger charge is 2.12. The number of nitrogens with one attached hydrogen (secondary N) is 2. The normalized spacial score (nSPS) is 10.9. The van der Waals surface area contributed by atoms with Gasteiger partial charge in [0.2, 0.25) is 15.9 Å². The Morgan fingerprint density at radius 3 is 2.23 bits per heavy atom. The van der Waals surface area contributed by atoms with Crippen molar-refractivity contribution < 1.29 is 18.0 Å². The number of sulfonamides is 1. The molecule has 7 nitrogen and oxygen atoms in total. The zero-order valence-electron chi connectivity index (χ0n) is 14.8. The van der Waals surface area contributed by atoms with Crippen LogP contribution in [0.1, 0.15) is 22.8 Å². The van der Waals surface area contributed by atoms with E-state index in [1.807, 2.05) is 12.1 Å². The van der Waals surface area contributed by atoms with E-state index in [1.165, 1.54) is 31.2 Å². The van der Waals surface area contributed by atoms with E-state index < -0.39 is 10.0 Å². The maximum Gasteiger partial charge on any atom is 0.255 e. The average molecular weight is 375 g/mol. The molecule has 0 saturated carbocycles. The molecule has 2 rings (SSSR count). The third-order valence-electron chi connectivity index (χ3n) is 3.66. The van der Waals surface area contributed by atoms with Crippen LogP contribution in [0.4, 0.5) is 11.4 Å². The van der Waals surface area contributed by atoms with E-state index in [2.05, 4.69) is 10.0 Å². The third-order valence-corrected chi connectivity index (χ3v) is 4.27. The van der Waals surface area contributed by atoms with Gasteiger partial charge in [0.1, 0.15) is 0 Å². The smallest absolute Gasteiger partial charge is 0.255 e. The lowest BCUT2D eigenvalue weighted by molar-refractivity contribution is -0.128. The third kappa shape index (κ3) is 5.59. The predicted octanol–water partition coefficient (Wildman–Crippen LogP) is 2.29. The first-order valence-corrected chi connectivity index (χ1v) is 9.73. The van der Waals surface area contributed by atoms with Gasteiger partial charge in [0, 0.05) is 37.5 Å². The zero-order valence-corrected chi connectivity index (χ0v) is 15.6. The fourth-order valence-corrected chi connectivity index (χ4v) is 2.81. The first-order chi connectivity index (χ1) is 12.2. The summed E-state index contributed by atoms with van der Waals surface area (Å²) in [5.41, 5.74) is 2.20. The highest BCUT2D eigenvalue weighted by Crippen LogP contribution is 2.19. The zero-order chi connectivity index (χ0) is 19.3. The van der Waals surface area contributed by atoms with Gasteiger partial charge in [0.05, 0.1) is 6.26 Å². The van der Waals surface area contributed by atoms with Gasteiger partial charge in [-0.05, 0) is 35.9 Å². The van der Waals surface area contributed by atoms with Crippen molar-refractivity contribution in [3.05, 3.63) is 59.7 Å². The van der Waals surface area contributed by atoms with E-state index in [0.717, 1.165) is 11.8 Å². The second-order valence-electron chi connectivity index (χ2n) is 5.94. The molecule has 0 aromatic heterocycles. The molecule has 0 saturated heterocycles. The number of nitrogens with zero attached hydrogens (tertiary/aromatic N) is 1. The standard InChI is InChI=1S/C18H21N3O4S/c1-13(22)21(2)12-15-6-4-5-7-17(15)19-18(23)14-8-10-16(11-9-14)20-26(3,24)25/h4-11,20H,12H2,1-3H3,(H,19,23). The summed E-state index contributed by atoms with van der Waals surface area (Å²) >= 11 is 0. The summed E-state index contributed by atoms with van der Waals surface area (Å²) in [4.78, 5) is 25.4. The molecule has 8 heteroatoms. The Morgan fingerprint density at radius 2 is 1.65 bits per heavy atom. The molecule has 0 heterocycles. The largest absolute Gasteiger partial charge is 0.342 e. The molecule has 0 atom stereocenters. The monoisotopic (exact) mass is 375 g/mol. The Hall–Kier alpha value is -2.87. The van der Waals surface area contributed by atoms with E-state index >= 15 is 0 Å². The molecule has 0 aliphatic heterocycles. The first kappa shape index (κ1) is 19.5. The van der Waals surface area contributed by atoms with Crippen molar-refractivity contribution >= 4 is 33.2 Å². The topological polar surface area (TPSA) is 95.6 Å². The van der Waals surface area contributed by atoms with E-state index in [4.69, 9.17) is 0 Å². The van der Waals surface area contributed by atoms with Crippen molar-refractivity contribution in [2.24, 2.45) is 0 Å². The number of carbonyl (C=O) groups excluding carboxylic acids is 2. The molecular weight excluding hydrogens is 354 g/mol. The summed E-state index contributed by atoms with van der Waals surface area (Å²) in [7, 11) is -1.68. The summed E-state index contributed by atoms with van der Waals surface area (Å²) in [5.74, 6) is -0.395. The molecule has 0 unspecified atom stereocenters. The van der Waals surface area contributed by atoms with Gasteiger partial charge in [-0.2, -0.15) is 0 Å². The second kappa shape index (κ2) is 8.01. The Balaban J connectivity index is 2.14. The van der Waals surface area contributed by atoms with E-state index in [-0.39, 0.29) is 11.8 Å². The molecule has 0 bridgehead atoms. The van der Waals surface area contributed by atoms with E-state index in [9.17, 15) is 18.0 Å². The van der Waals surface area contributed by atoms with Crippen molar-refractivity contribution in [3.63, 3.8) is 0 Å². The van der Waals surface area contributed by atoms with E-state index in [0.29, 0.717) is 23.5 Å². The van der Waals surface area contributed by atoms with Crippen LogP contribution in [0.2, 0.25) is 0 Å². The van der Waals surface area contributed by atoms with Gasteiger partial charge < -0.3 is 10.2 Å². The van der Waals surface area contributed by atoms with Gasteiger partial charge in [-0.25, -0.2) is 8.42 Å². The summed E-state index contributed by atoms with van der Waals surface area (Å²) in [6.07, 6.45) is 1.06. The van der Waals surface area contributed by atoms with Gasteiger partial charge in [-0.1, -0.05) is 18.2 Å². The SMILES string of the molecule is CC(=O)N(C)Cc1ccccc1NC(=O)c1ccc(NS(C)(=O)=O)cc1. The summed E-state index contributed by atoms with van der Waals surface area (Å²) in [5, 5.41) is 2.82. The number of hydrogen-bond donors (Lipinski definition) is 2. The molecule has 2 aromatic carbocycles. The molecule has 0 spiro atoms. The maximum atomic E-state index is 12.5. The van der Waals surface area contributed by atoms with Gasteiger partial charge in [0.15, 0.2) is 0 Å². The maximum absolute atomic E-state index is 12.5. The number of amides is 2. The fourth-order valence-electron chi connectivity index (χ4n) is 2.25. The lowest BCUT2D eigenvalue weighted by atomic mass is 10.1. The number of carbonyl (C=O) groups is 2. The first-order valence-electron chi connectivity index (χ1n) is 7.84. The number of hydrogen-bond acceptors (Lipinski definition) is 4. The molecule has 0 aliphatic rings. The van der Waals surface area contributed by atoms with Crippen LogP contribution in [0.3, 0.4) is 0 Å². The molecule has 0 radical (unpaired) electrons. The average Bonchev–Trinajstić information content (AvgIpc) is 2.55. The van der Waals surface area contributed by atoms with Crippen molar-refractivity contribution in [1.29, 1.82) is 0 Å². The molecule has 2 N–H and O–H groups in total. The van der Waals surface area contributed by atoms with Gasteiger partial charge in [-0.3, -0.25) is 14.3 Å². The quantitative estimate of drug-likeness (QED) is 0.810. The second-order valence-corrected chi connectivity index (χ2v) is 7.69. The minimum atomic E-state index is -3.37. The number of benzene rings is 2. The Bertz CT molecular complexity index is 908. The van der Waals surface area contributed by atoms with Crippen molar-refractivity contribution in [2.75, 3.05) is 23.3 Å². The molecule has 0 fully saturated rings. The van der Waals surface area contributed by atoms with Crippen LogP contribution in [0.5, 0.6) is 0 Å². The Labute approximate surface area is 153 Å². The van der Waals surface area contributed by atoms with Crippen LogP contribution in [-0.2, 0) is 21.4 Å². The number of rotatable bonds is 6. The minimum absolute atomic E-state index is 0.0694. The molecule has 138 valence electrons. The summed E-state index contributed by atoms with van der Waals surface area (Å²) < 4.78 is 24.8. The molecular formula is C18H21N3O4S. The predicted molar refractivity (Wildman–Crippen MR) is 101 cm³/mol. The van der Waals surface area contributed by atoms with Gasteiger partial charge >= 0.3 is 0 Å². The van der Waals surface area contributed by atoms with Gasteiger partial charge in [0.25, 0.3) is 5.91 Å². The lowest BCUT2D eigenvalue weighted by Crippen LogP contribution is -2.24. The fraction of sp³-hybridized carbons (Fsp3) is 0.222. The highest BCUT2D eigenvalue weighted by molar-refractivity contribution is 7.92. The van der Waals surface area contributed by atoms with Crippen molar-refractivity contribution in [2.45, 2.75) is 13.5 Å². The summed E-state index contributed by atoms with van der Waals surface area (Å²) in [6, 6.07) is 13.3. The van der Waals surface area contributed by atoms with Crippen LogP contribution in [-0.4, -0.2) is 38.4 Å². The lowest BCUT2D eigenvalue weighted by Gasteiger charge is -2.18. The van der Waals surface area contributed by atoms with Crippen molar-refractivity contribution in [3.8, 4) is 0 Å². The summed E-state index contributed by atoms with van der Waals surface area (Å²) in [6.45, 7) is 1.86. The van der Waals surface area contributed by atoms with Crippen LogP contribution >= 0.6 is 0 Å². The molecule has 26 heavy (non-hydrogen) atoms. The Morgan fingerprint density at radius 1 is 1.04 bits per heavy atom. The van der Waals surface area contributed by atoms with Crippen LogP contribution in [0.25, 0.3) is 0 Å². The van der Waals surface area contributed by atoms with Crippen LogP contribution in [0.15, 0.2) is 48.5 Å². The van der Waals surface area contributed by atoms with Gasteiger partial charge in [-0.15, -0.1) is 0 Å². The molecule has 2 aromatic rings. The molecule has 2 amide bonds. The van der Waals surface area contributed by atoms with E-state index in [1.54, 1.807) is 24.1 Å². The Kier molecular flexibility index (Phi) is 5.99. The number of para-hydroxylation sites is 1. The highest BCUT2D eigenvalue weighted by atomic mass is 32.2. The van der Waals surface area contributed by atoms with Crippen molar-refractivity contribution in [1.82, 2.24) is 4.90 Å².